The molecule has 14 heteroatoms. The minimum atomic E-state index is -3.41. The summed E-state index contributed by atoms with van der Waals surface area (Å²) >= 11 is 0. The zero-order valence-corrected chi connectivity index (χ0v) is 19.1. The summed E-state index contributed by atoms with van der Waals surface area (Å²) in [6.45, 7) is 0.154. The van der Waals surface area contributed by atoms with Crippen LogP contribution in [0.4, 0.5) is 23.5 Å². The first-order valence-corrected chi connectivity index (χ1v) is 12.5. The lowest BCUT2D eigenvalue weighted by Crippen LogP contribution is -2.52. The van der Waals surface area contributed by atoms with Crippen molar-refractivity contribution in [3.05, 3.63) is 41.7 Å². The van der Waals surface area contributed by atoms with Gasteiger partial charge in [0.2, 0.25) is 22.4 Å². The van der Waals surface area contributed by atoms with Crippen molar-refractivity contribution in [2.24, 2.45) is 0 Å². The Morgan fingerprint density at radius 2 is 1.89 bits per heavy atom. The van der Waals surface area contributed by atoms with Crippen molar-refractivity contribution in [2.75, 3.05) is 18.4 Å². The number of rotatable bonds is 7. The lowest BCUT2D eigenvalue weighted by molar-refractivity contribution is 0.0946. The van der Waals surface area contributed by atoms with Crippen molar-refractivity contribution in [1.29, 1.82) is 0 Å². The Kier molecular flexibility index (Phi) is 6.13. The van der Waals surface area contributed by atoms with E-state index in [2.05, 4.69) is 20.4 Å². The number of nitrogens with zero attached hydrogens (tertiary/aromatic N) is 5. The molecule has 4 heterocycles. The van der Waals surface area contributed by atoms with Gasteiger partial charge in [-0.1, -0.05) is 0 Å². The zero-order valence-electron chi connectivity index (χ0n) is 18.3. The van der Waals surface area contributed by atoms with Gasteiger partial charge >= 0.3 is 0 Å². The predicted molar refractivity (Wildman–Crippen MR) is 117 cm³/mol. The van der Waals surface area contributed by atoms with Gasteiger partial charge in [-0.15, -0.1) is 5.10 Å². The van der Waals surface area contributed by atoms with Gasteiger partial charge in [0, 0.05) is 31.8 Å². The molecule has 1 aliphatic heterocycles. The van der Waals surface area contributed by atoms with E-state index >= 15 is 0 Å². The van der Waals surface area contributed by atoms with E-state index in [1.807, 2.05) is 0 Å². The number of anilines is 1. The molecule has 2 fully saturated rings. The van der Waals surface area contributed by atoms with E-state index in [-0.39, 0.29) is 46.8 Å². The molecule has 2 atom stereocenters. The van der Waals surface area contributed by atoms with Crippen LogP contribution in [0.3, 0.4) is 0 Å². The number of fused-ring (bicyclic) bond motifs is 1. The fourth-order valence-electron chi connectivity index (χ4n) is 4.19. The maximum absolute atomic E-state index is 14.7. The summed E-state index contributed by atoms with van der Waals surface area (Å²) < 4.78 is 81.6. The van der Waals surface area contributed by atoms with Crippen LogP contribution >= 0.6 is 0 Å². The fraction of sp³-hybridized carbons (Fsp3) is 0.476. The van der Waals surface area contributed by atoms with E-state index in [0.29, 0.717) is 19.3 Å². The van der Waals surface area contributed by atoms with Crippen LogP contribution in [0.2, 0.25) is 0 Å². The number of aliphatic hydroxyl groups excluding tert-OH is 1. The number of hydrogen-bond donors (Lipinski definition) is 2. The Bertz CT molecular complexity index is 1360. The van der Waals surface area contributed by atoms with Crippen molar-refractivity contribution >= 4 is 21.5 Å². The maximum Gasteiger partial charge on any atom is 0.242 e. The van der Waals surface area contributed by atoms with Gasteiger partial charge < -0.3 is 10.4 Å². The third kappa shape index (κ3) is 4.69. The molecule has 9 nitrogen and oxygen atoms in total. The van der Waals surface area contributed by atoms with Gasteiger partial charge in [-0.05, 0) is 30.9 Å². The molecular weight excluding hydrogens is 492 g/mol. The Balaban J connectivity index is 1.38. The first kappa shape index (κ1) is 23.9. The molecule has 1 aliphatic carbocycles. The molecule has 0 aromatic carbocycles. The topological polar surface area (TPSA) is 113 Å². The first-order chi connectivity index (χ1) is 16.6. The summed E-state index contributed by atoms with van der Waals surface area (Å²) in [4.78, 5) is 7.95. The Hall–Kier alpha value is -2.84. The van der Waals surface area contributed by atoms with Gasteiger partial charge in [-0.2, -0.15) is 4.31 Å². The molecule has 1 saturated heterocycles. The molecule has 0 radical (unpaired) electrons. The second-order valence-electron chi connectivity index (χ2n) is 8.73. The minimum Gasteiger partial charge on any atom is -0.390 e. The maximum atomic E-state index is 14.7. The number of alkyl halides is 2. The van der Waals surface area contributed by atoms with E-state index in [0.717, 1.165) is 22.8 Å². The number of halogens is 4. The monoisotopic (exact) mass is 514 g/mol. The summed E-state index contributed by atoms with van der Waals surface area (Å²) in [5, 5.41) is 17.3. The molecule has 0 amide bonds. The highest BCUT2D eigenvalue weighted by molar-refractivity contribution is 7.90. The number of β-amino-alcohol motifs (C(OH)–C–C–N with tert-alkyl or cyclic N) is 1. The molecule has 5 rings (SSSR count). The highest BCUT2D eigenvalue weighted by Gasteiger charge is 2.43. The Morgan fingerprint density at radius 1 is 1.11 bits per heavy atom. The molecule has 0 bridgehead atoms. The summed E-state index contributed by atoms with van der Waals surface area (Å²) in [6, 6.07) is 1.37. The SMILES string of the molecule is O=S(=O)(C1CC1)N1CC[C@@H](Nc2ncc3c(F)cc(-c4ncc(CC(F)F)cc4F)n3n2)[C@H](O)C1. The van der Waals surface area contributed by atoms with Crippen LogP contribution in [-0.4, -0.2) is 74.3 Å². The summed E-state index contributed by atoms with van der Waals surface area (Å²) in [5.74, 6) is -1.63. The molecule has 0 spiro atoms. The highest BCUT2D eigenvalue weighted by atomic mass is 32.2. The van der Waals surface area contributed by atoms with E-state index in [1.54, 1.807) is 0 Å². The molecule has 0 unspecified atom stereocenters. The van der Waals surface area contributed by atoms with Crippen LogP contribution in [0, 0.1) is 11.6 Å². The number of pyridine rings is 1. The quantitative estimate of drug-likeness (QED) is 0.465. The smallest absolute Gasteiger partial charge is 0.242 e. The Morgan fingerprint density at radius 3 is 2.54 bits per heavy atom. The second kappa shape index (κ2) is 8.99. The normalized spacial score (nSPS) is 21.7. The largest absolute Gasteiger partial charge is 0.390 e. The lowest BCUT2D eigenvalue weighted by Gasteiger charge is -2.35. The lowest BCUT2D eigenvalue weighted by atomic mass is 10.0. The highest BCUT2D eigenvalue weighted by Crippen LogP contribution is 2.33. The van der Waals surface area contributed by atoms with Gasteiger partial charge in [0.05, 0.1) is 29.3 Å². The molecule has 3 aromatic rings. The van der Waals surface area contributed by atoms with Gasteiger partial charge in [-0.25, -0.2) is 35.5 Å². The van der Waals surface area contributed by atoms with Crippen molar-refractivity contribution < 1.29 is 31.1 Å². The third-order valence-corrected chi connectivity index (χ3v) is 8.53. The number of aromatic nitrogens is 4. The third-order valence-electron chi connectivity index (χ3n) is 6.16. The standard InChI is InChI=1S/C21H22F4N6O3S/c22-13-7-16(20-14(23)5-11(8-26-20)6-19(24)25)31-17(13)9-27-21(29-31)28-15-3-4-30(10-18(15)32)35(33,34)12-1-2-12/h5,7-9,12,15,18-19,32H,1-4,6,10H2,(H,28,29)/t15-,18-/m1/s1. The van der Waals surface area contributed by atoms with Crippen molar-refractivity contribution in [2.45, 2.75) is 49.5 Å². The summed E-state index contributed by atoms with van der Waals surface area (Å²) in [6.07, 6.45) is -0.520. The van der Waals surface area contributed by atoms with Gasteiger partial charge in [0.15, 0.2) is 11.6 Å². The first-order valence-electron chi connectivity index (χ1n) is 11.0. The van der Waals surface area contributed by atoms with Crippen LogP contribution in [0.15, 0.2) is 24.5 Å². The van der Waals surface area contributed by atoms with Crippen LogP contribution in [0.5, 0.6) is 0 Å². The molecular formula is C21H22F4N6O3S. The van der Waals surface area contributed by atoms with Gasteiger partial charge in [0.25, 0.3) is 0 Å². The van der Waals surface area contributed by atoms with Crippen LogP contribution < -0.4 is 5.32 Å². The number of nitrogens with one attached hydrogen (secondary N) is 1. The van der Waals surface area contributed by atoms with Crippen LogP contribution in [0.25, 0.3) is 16.9 Å². The summed E-state index contributed by atoms with van der Waals surface area (Å²) in [5.41, 5.74) is -0.377. The number of sulfonamides is 1. The van der Waals surface area contributed by atoms with Gasteiger partial charge in [-0.3, -0.25) is 4.98 Å². The summed E-state index contributed by atoms with van der Waals surface area (Å²) in [7, 11) is -3.41. The number of aliphatic hydroxyl groups is 1. The average Bonchev–Trinajstić information content (AvgIpc) is 3.60. The zero-order chi connectivity index (χ0) is 24.9. The fourth-order valence-corrected chi connectivity index (χ4v) is 6.06. The number of piperidine rings is 1. The number of hydrogen-bond acceptors (Lipinski definition) is 7. The predicted octanol–water partition coefficient (Wildman–Crippen LogP) is 2.22. The van der Waals surface area contributed by atoms with E-state index in [1.165, 1.54) is 10.5 Å². The van der Waals surface area contributed by atoms with E-state index in [4.69, 9.17) is 0 Å². The molecule has 3 aromatic heterocycles. The van der Waals surface area contributed by atoms with Crippen molar-refractivity contribution in [3.63, 3.8) is 0 Å². The van der Waals surface area contributed by atoms with Crippen LogP contribution in [-0.2, 0) is 16.4 Å². The Labute approximate surface area is 197 Å². The molecule has 188 valence electrons. The average molecular weight is 515 g/mol. The van der Waals surface area contributed by atoms with Crippen molar-refractivity contribution in [3.8, 4) is 11.4 Å². The van der Waals surface area contributed by atoms with E-state index in [9.17, 15) is 31.1 Å². The molecule has 1 saturated carbocycles. The van der Waals surface area contributed by atoms with Crippen LogP contribution in [0.1, 0.15) is 24.8 Å². The molecule has 2 N–H and O–H groups in total. The second-order valence-corrected chi connectivity index (χ2v) is 10.9. The van der Waals surface area contributed by atoms with E-state index < -0.39 is 46.6 Å². The van der Waals surface area contributed by atoms with Crippen molar-refractivity contribution in [1.82, 2.24) is 23.9 Å². The molecule has 35 heavy (non-hydrogen) atoms. The molecule has 2 aliphatic rings. The minimum absolute atomic E-state index is 0.00333. The van der Waals surface area contributed by atoms with Gasteiger partial charge in [0.1, 0.15) is 11.2 Å².